The molecular formula is C13H9F4N. The largest absolute Gasteiger partial charge is 0.416 e. The Hall–Kier alpha value is -1.91. The Balaban J connectivity index is 2.51. The molecular weight excluding hydrogens is 246 g/mol. The van der Waals surface area contributed by atoms with Crippen LogP contribution < -0.4 is 0 Å². The van der Waals surface area contributed by atoms with Crippen LogP contribution in [0.1, 0.15) is 11.3 Å². The molecule has 94 valence electrons. The van der Waals surface area contributed by atoms with Crippen LogP contribution >= 0.6 is 0 Å². The molecule has 0 saturated carbocycles. The van der Waals surface area contributed by atoms with Crippen molar-refractivity contribution >= 4 is 0 Å². The normalized spacial score (nSPS) is 11.6. The van der Waals surface area contributed by atoms with E-state index in [1.54, 1.807) is 13.0 Å². The van der Waals surface area contributed by atoms with E-state index in [9.17, 15) is 17.6 Å². The molecule has 0 spiro atoms. The quantitative estimate of drug-likeness (QED) is 0.549. The topological polar surface area (TPSA) is 12.9 Å². The average molecular weight is 255 g/mol. The van der Waals surface area contributed by atoms with E-state index in [4.69, 9.17) is 0 Å². The van der Waals surface area contributed by atoms with Gasteiger partial charge in [0.2, 0.25) is 5.95 Å². The molecule has 0 atom stereocenters. The third kappa shape index (κ3) is 2.50. The standard InChI is InChI=1S/C13H9F4N/c1-8-5-6-11(12(14)18-8)9-3-2-4-10(7-9)13(15,16)17/h2-7H,1H3. The number of aryl methyl sites for hydroxylation is 1. The lowest BCUT2D eigenvalue weighted by Crippen LogP contribution is -2.04. The van der Waals surface area contributed by atoms with Crippen LogP contribution in [0.5, 0.6) is 0 Å². The Kier molecular flexibility index (Phi) is 3.07. The zero-order chi connectivity index (χ0) is 13.3. The highest BCUT2D eigenvalue weighted by atomic mass is 19.4. The van der Waals surface area contributed by atoms with Gasteiger partial charge in [-0.3, -0.25) is 0 Å². The maximum Gasteiger partial charge on any atom is 0.416 e. The van der Waals surface area contributed by atoms with Crippen molar-refractivity contribution in [1.29, 1.82) is 0 Å². The van der Waals surface area contributed by atoms with Gasteiger partial charge in [-0.2, -0.15) is 17.6 Å². The SMILES string of the molecule is Cc1ccc(-c2cccc(C(F)(F)F)c2)c(F)n1. The van der Waals surface area contributed by atoms with E-state index in [0.717, 1.165) is 12.1 Å². The van der Waals surface area contributed by atoms with Gasteiger partial charge in [0.05, 0.1) is 5.56 Å². The molecule has 1 nitrogen and oxygen atoms in total. The molecule has 0 amide bonds. The van der Waals surface area contributed by atoms with Gasteiger partial charge in [-0.15, -0.1) is 0 Å². The average Bonchev–Trinajstić information content (AvgIpc) is 2.28. The maximum absolute atomic E-state index is 13.6. The smallest absolute Gasteiger partial charge is 0.225 e. The molecule has 1 aromatic carbocycles. The molecule has 1 aromatic heterocycles. The van der Waals surface area contributed by atoms with E-state index < -0.39 is 17.7 Å². The minimum Gasteiger partial charge on any atom is -0.225 e. The number of benzene rings is 1. The van der Waals surface area contributed by atoms with Crippen LogP contribution in [-0.2, 0) is 6.18 Å². The van der Waals surface area contributed by atoms with Crippen molar-refractivity contribution in [3.05, 3.63) is 53.6 Å². The second-order valence-electron chi connectivity index (χ2n) is 3.87. The lowest BCUT2D eigenvalue weighted by Gasteiger charge is -2.09. The minimum atomic E-state index is -4.44. The van der Waals surface area contributed by atoms with Crippen molar-refractivity contribution in [2.75, 3.05) is 0 Å². The minimum absolute atomic E-state index is 0.0618. The van der Waals surface area contributed by atoms with E-state index in [2.05, 4.69) is 4.98 Å². The van der Waals surface area contributed by atoms with Crippen molar-refractivity contribution in [2.24, 2.45) is 0 Å². The van der Waals surface area contributed by atoms with Gasteiger partial charge in [-0.25, -0.2) is 4.98 Å². The molecule has 1 heterocycles. The van der Waals surface area contributed by atoms with Crippen LogP contribution in [0.4, 0.5) is 17.6 Å². The first-order valence-electron chi connectivity index (χ1n) is 5.19. The summed E-state index contributed by atoms with van der Waals surface area (Å²) in [5, 5.41) is 0. The molecule has 0 fully saturated rings. The Morgan fingerprint density at radius 3 is 2.39 bits per heavy atom. The van der Waals surface area contributed by atoms with Gasteiger partial charge in [-0.05, 0) is 36.8 Å². The first kappa shape index (κ1) is 12.5. The molecule has 0 unspecified atom stereocenters. The number of hydrogen-bond donors (Lipinski definition) is 0. The van der Waals surface area contributed by atoms with Gasteiger partial charge < -0.3 is 0 Å². The number of aromatic nitrogens is 1. The highest BCUT2D eigenvalue weighted by Crippen LogP contribution is 2.32. The fraction of sp³-hybridized carbons (Fsp3) is 0.154. The molecule has 0 radical (unpaired) electrons. The molecule has 0 aliphatic carbocycles. The summed E-state index contributed by atoms with van der Waals surface area (Å²) in [7, 11) is 0. The Bertz CT molecular complexity index is 575. The van der Waals surface area contributed by atoms with Crippen LogP contribution in [-0.4, -0.2) is 4.98 Å². The number of halogens is 4. The van der Waals surface area contributed by atoms with E-state index >= 15 is 0 Å². The van der Waals surface area contributed by atoms with Crippen molar-refractivity contribution in [2.45, 2.75) is 13.1 Å². The highest BCUT2D eigenvalue weighted by Gasteiger charge is 2.30. The number of rotatable bonds is 1. The second kappa shape index (κ2) is 4.40. The maximum atomic E-state index is 13.6. The van der Waals surface area contributed by atoms with E-state index in [1.165, 1.54) is 18.2 Å². The van der Waals surface area contributed by atoms with Crippen molar-refractivity contribution < 1.29 is 17.6 Å². The van der Waals surface area contributed by atoms with Crippen molar-refractivity contribution in [3.8, 4) is 11.1 Å². The molecule has 0 N–H and O–H groups in total. The van der Waals surface area contributed by atoms with Gasteiger partial charge in [0.25, 0.3) is 0 Å². The van der Waals surface area contributed by atoms with Gasteiger partial charge in [0.15, 0.2) is 0 Å². The molecule has 5 heteroatoms. The summed E-state index contributed by atoms with van der Waals surface area (Å²) < 4.78 is 51.2. The predicted molar refractivity (Wildman–Crippen MR) is 59.4 cm³/mol. The first-order chi connectivity index (χ1) is 8.38. The molecule has 18 heavy (non-hydrogen) atoms. The lowest BCUT2D eigenvalue weighted by molar-refractivity contribution is -0.137. The monoisotopic (exact) mass is 255 g/mol. The van der Waals surface area contributed by atoms with Crippen LogP contribution in [0.2, 0.25) is 0 Å². The third-order valence-corrected chi connectivity index (χ3v) is 2.49. The van der Waals surface area contributed by atoms with Gasteiger partial charge in [0.1, 0.15) is 0 Å². The van der Waals surface area contributed by atoms with E-state index in [0.29, 0.717) is 5.69 Å². The van der Waals surface area contributed by atoms with E-state index in [1.807, 2.05) is 0 Å². The molecule has 2 rings (SSSR count). The fourth-order valence-electron chi connectivity index (χ4n) is 1.60. The lowest BCUT2D eigenvalue weighted by atomic mass is 10.0. The fourth-order valence-corrected chi connectivity index (χ4v) is 1.60. The summed E-state index contributed by atoms with van der Waals surface area (Å²) in [6.07, 6.45) is -4.44. The number of alkyl halides is 3. The zero-order valence-corrected chi connectivity index (χ0v) is 9.42. The summed E-state index contributed by atoms with van der Waals surface area (Å²) in [6.45, 7) is 1.61. The number of pyridine rings is 1. The summed E-state index contributed by atoms with van der Waals surface area (Å²) in [6, 6.07) is 7.51. The zero-order valence-electron chi connectivity index (χ0n) is 9.42. The molecule has 0 aliphatic rings. The van der Waals surface area contributed by atoms with Gasteiger partial charge >= 0.3 is 6.18 Å². The molecule has 0 bridgehead atoms. The predicted octanol–water partition coefficient (Wildman–Crippen LogP) is 4.21. The Morgan fingerprint density at radius 2 is 1.78 bits per heavy atom. The summed E-state index contributed by atoms with van der Waals surface area (Å²) in [5.74, 6) is -0.769. The van der Waals surface area contributed by atoms with Crippen molar-refractivity contribution in [1.82, 2.24) is 4.98 Å². The second-order valence-corrected chi connectivity index (χ2v) is 3.87. The molecule has 2 aromatic rings. The summed E-state index contributed by atoms with van der Waals surface area (Å²) in [5.41, 5.74) is -0.107. The van der Waals surface area contributed by atoms with Gasteiger partial charge in [-0.1, -0.05) is 12.1 Å². The summed E-state index contributed by atoms with van der Waals surface area (Å²) in [4.78, 5) is 3.59. The Morgan fingerprint density at radius 1 is 1.06 bits per heavy atom. The van der Waals surface area contributed by atoms with Crippen LogP contribution in [0, 0.1) is 12.9 Å². The third-order valence-electron chi connectivity index (χ3n) is 2.49. The molecule has 0 saturated heterocycles. The highest BCUT2D eigenvalue weighted by molar-refractivity contribution is 5.64. The number of hydrogen-bond acceptors (Lipinski definition) is 1. The van der Waals surface area contributed by atoms with Crippen LogP contribution in [0.15, 0.2) is 36.4 Å². The Labute approximate surface area is 101 Å². The summed E-state index contributed by atoms with van der Waals surface area (Å²) >= 11 is 0. The number of nitrogens with zero attached hydrogens (tertiary/aromatic N) is 1. The van der Waals surface area contributed by atoms with Crippen LogP contribution in [0.3, 0.4) is 0 Å². The first-order valence-corrected chi connectivity index (χ1v) is 5.19. The van der Waals surface area contributed by atoms with Crippen LogP contribution in [0.25, 0.3) is 11.1 Å². The van der Waals surface area contributed by atoms with E-state index in [-0.39, 0.29) is 11.1 Å². The molecule has 0 aliphatic heterocycles. The van der Waals surface area contributed by atoms with Gasteiger partial charge in [0, 0.05) is 11.3 Å². The van der Waals surface area contributed by atoms with Crippen molar-refractivity contribution in [3.63, 3.8) is 0 Å².